The van der Waals surface area contributed by atoms with Crippen LogP contribution in [-0.4, -0.2) is 28.5 Å². The van der Waals surface area contributed by atoms with Gasteiger partial charge in [0.25, 0.3) is 0 Å². The highest BCUT2D eigenvalue weighted by Gasteiger charge is 2.61. The molecular weight excluding hydrogens is 370 g/mol. The van der Waals surface area contributed by atoms with Crippen molar-refractivity contribution in [3.05, 3.63) is 11.6 Å². The van der Waals surface area contributed by atoms with Crippen LogP contribution in [0.5, 0.6) is 0 Å². The zero-order valence-corrected chi connectivity index (χ0v) is 20.1. The number of aliphatic hydroxyl groups is 2. The van der Waals surface area contributed by atoms with Crippen molar-refractivity contribution in [2.45, 2.75) is 111 Å². The number of aliphatic hydroxyl groups excluding tert-OH is 2. The van der Waals surface area contributed by atoms with Crippen LogP contribution in [0, 0.1) is 46.3 Å². The van der Waals surface area contributed by atoms with E-state index >= 15 is 0 Å². The second kappa shape index (κ2) is 8.19. The van der Waals surface area contributed by atoms with Gasteiger partial charge in [0, 0.05) is 6.04 Å². The molecule has 0 spiro atoms. The molecule has 0 aromatic heterocycles. The average Bonchev–Trinajstić information content (AvgIpc) is 3.04. The summed E-state index contributed by atoms with van der Waals surface area (Å²) in [5, 5.41) is 21.6. The van der Waals surface area contributed by atoms with Crippen LogP contribution in [0.1, 0.15) is 92.4 Å². The smallest absolute Gasteiger partial charge is 0.0757 e. The Morgan fingerprint density at radius 3 is 2.47 bits per heavy atom. The van der Waals surface area contributed by atoms with Gasteiger partial charge in [0.2, 0.25) is 0 Å². The fraction of sp³-hybridized carbons (Fsp3) is 0.926. The highest BCUT2D eigenvalue weighted by atomic mass is 16.3. The Labute approximate surface area is 184 Å². The monoisotopic (exact) mass is 417 g/mol. The number of hydrogen-bond donors (Lipinski definition) is 3. The zero-order chi connectivity index (χ0) is 21.8. The first-order valence-corrected chi connectivity index (χ1v) is 12.9. The van der Waals surface area contributed by atoms with Gasteiger partial charge in [-0.1, -0.05) is 46.3 Å². The lowest BCUT2D eigenvalue weighted by Crippen LogP contribution is -2.55. The van der Waals surface area contributed by atoms with Crippen molar-refractivity contribution in [3.63, 3.8) is 0 Å². The van der Waals surface area contributed by atoms with Gasteiger partial charge in [-0.25, -0.2) is 0 Å². The molecule has 3 fully saturated rings. The molecular formula is C27H47NO2. The molecule has 0 amide bonds. The highest BCUT2D eigenvalue weighted by Crippen LogP contribution is 2.67. The first-order valence-electron chi connectivity index (χ1n) is 12.9. The Kier molecular flexibility index (Phi) is 6.23. The second-order valence-electron chi connectivity index (χ2n) is 12.5. The van der Waals surface area contributed by atoms with Crippen molar-refractivity contribution in [1.29, 1.82) is 0 Å². The summed E-state index contributed by atoms with van der Waals surface area (Å²) in [5.74, 6) is 3.41. The van der Waals surface area contributed by atoms with Crippen LogP contribution in [-0.2, 0) is 0 Å². The second-order valence-corrected chi connectivity index (χ2v) is 12.5. The summed E-state index contributed by atoms with van der Waals surface area (Å²) >= 11 is 0. The van der Waals surface area contributed by atoms with Gasteiger partial charge in [-0.3, -0.25) is 0 Å². The van der Waals surface area contributed by atoms with E-state index in [-0.39, 0.29) is 23.7 Å². The van der Waals surface area contributed by atoms with Gasteiger partial charge in [0.15, 0.2) is 0 Å². The molecule has 4 rings (SSSR count). The molecule has 0 bridgehead atoms. The molecule has 0 heterocycles. The van der Waals surface area contributed by atoms with Crippen molar-refractivity contribution >= 4 is 0 Å². The molecule has 3 saturated carbocycles. The summed E-state index contributed by atoms with van der Waals surface area (Å²) in [4.78, 5) is 0. The van der Waals surface area contributed by atoms with E-state index in [0.29, 0.717) is 35.0 Å². The molecule has 4 N–H and O–H groups in total. The molecule has 3 nitrogen and oxygen atoms in total. The molecule has 0 aromatic rings. The number of hydrogen-bond acceptors (Lipinski definition) is 3. The predicted octanol–water partition coefficient (Wildman–Crippen LogP) is 5.30. The third-order valence-electron chi connectivity index (χ3n) is 10.6. The van der Waals surface area contributed by atoms with E-state index in [4.69, 9.17) is 5.73 Å². The summed E-state index contributed by atoms with van der Waals surface area (Å²) in [6.07, 6.45) is 12.3. The van der Waals surface area contributed by atoms with Gasteiger partial charge in [-0.2, -0.15) is 0 Å². The molecule has 0 aromatic carbocycles. The van der Waals surface area contributed by atoms with Gasteiger partial charge in [0.1, 0.15) is 0 Å². The first-order chi connectivity index (χ1) is 14.1. The van der Waals surface area contributed by atoms with Crippen LogP contribution >= 0.6 is 0 Å². The van der Waals surface area contributed by atoms with Crippen LogP contribution < -0.4 is 5.73 Å². The largest absolute Gasteiger partial charge is 0.393 e. The molecule has 0 aliphatic heterocycles. The number of rotatable bonds is 5. The van der Waals surface area contributed by atoms with Crippen LogP contribution in [0.15, 0.2) is 11.6 Å². The van der Waals surface area contributed by atoms with Crippen LogP contribution in [0.2, 0.25) is 0 Å². The summed E-state index contributed by atoms with van der Waals surface area (Å²) in [5.41, 5.74) is 8.36. The van der Waals surface area contributed by atoms with E-state index in [1.165, 1.54) is 37.7 Å². The Morgan fingerprint density at radius 1 is 1.03 bits per heavy atom. The molecule has 10 atom stereocenters. The van der Waals surface area contributed by atoms with E-state index in [0.717, 1.165) is 31.6 Å². The van der Waals surface area contributed by atoms with Gasteiger partial charge < -0.3 is 15.9 Å². The maximum Gasteiger partial charge on any atom is 0.0757 e. The first kappa shape index (κ1) is 22.8. The Hall–Kier alpha value is -0.380. The van der Waals surface area contributed by atoms with E-state index < -0.39 is 0 Å². The molecule has 0 radical (unpaired) electrons. The maximum atomic E-state index is 11.3. The summed E-state index contributed by atoms with van der Waals surface area (Å²) in [6, 6.07) is 0.278. The predicted molar refractivity (Wildman–Crippen MR) is 124 cm³/mol. The molecule has 3 heteroatoms. The number of fused-ring (bicyclic) bond motifs is 5. The Bertz CT molecular complexity index is 659. The fourth-order valence-corrected chi connectivity index (χ4v) is 8.62. The third kappa shape index (κ3) is 3.61. The van der Waals surface area contributed by atoms with Crippen LogP contribution in [0.4, 0.5) is 0 Å². The number of nitrogens with two attached hydrogens (primary N) is 1. The molecule has 172 valence electrons. The minimum Gasteiger partial charge on any atom is -0.393 e. The topological polar surface area (TPSA) is 66.5 Å². The fourth-order valence-electron chi connectivity index (χ4n) is 8.62. The van der Waals surface area contributed by atoms with Crippen molar-refractivity contribution in [2.75, 3.05) is 0 Å². The average molecular weight is 418 g/mol. The third-order valence-corrected chi connectivity index (χ3v) is 10.6. The minimum absolute atomic E-state index is 0.172. The van der Waals surface area contributed by atoms with Crippen molar-refractivity contribution < 1.29 is 10.2 Å². The SMILES string of the molecule is CC(C)C(O)CC[C@@H](C)[C@H]1CC[C@H]2[C@@H]3C(O)C=C4C[C@H](N)CC[C@]4(C)[C@H]3CC[C@]12C. The van der Waals surface area contributed by atoms with Gasteiger partial charge in [0.05, 0.1) is 12.2 Å². The van der Waals surface area contributed by atoms with E-state index in [9.17, 15) is 10.2 Å². The van der Waals surface area contributed by atoms with Gasteiger partial charge in [-0.05, 0) is 104 Å². The maximum absolute atomic E-state index is 11.3. The summed E-state index contributed by atoms with van der Waals surface area (Å²) < 4.78 is 0. The lowest BCUT2D eigenvalue weighted by Gasteiger charge is -2.59. The van der Waals surface area contributed by atoms with Crippen molar-refractivity contribution in [2.24, 2.45) is 52.1 Å². The molecule has 30 heavy (non-hydrogen) atoms. The Balaban J connectivity index is 1.53. The Morgan fingerprint density at radius 2 is 1.77 bits per heavy atom. The minimum atomic E-state index is -0.287. The lowest BCUT2D eigenvalue weighted by atomic mass is 9.46. The highest BCUT2D eigenvalue weighted by molar-refractivity contribution is 5.28. The zero-order valence-electron chi connectivity index (χ0n) is 20.1. The molecule has 4 aliphatic rings. The normalized spacial score (nSPS) is 47.8. The lowest BCUT2D eigenvalue weighted by molar-refractivity contribution is -0.0931. The van der Waals surface area contributed by atoms with Gasteiger partial charge >= 0.3 is 0 Å². The van der Waals surface area contributed by atoms with Crippen LogP contribution in [0.3, 0.4) is 0 Å². The van der Waals surface area contributed by atoms with Crippen molar-refractivity contribution in [3.8, 4) is 0 Å². The van der Waals surface area contributed by atoms with E-state index in [2.05, 4.69) is 40.7 Å². The van der Waals surface area contributed by atoms with Crippen LogP contribution in [0.25, 0.3) is 0 Å². The van der Waals surface area contributed by atoms with Crippen molar-refractivity contribution in [1.82, 2.24) is 0 Å². The standard InChI is InChI=1S/C27H47NO2/c1-16(2)23(29)9-6-17(3)20-7-8-21-25-22(11-13-27(20,21)5)26(4)12-10-19(28)14-18(26)15-24(25)30/h15-17,19-25,29-30H,6-14,28H2,1-5H3/t17-,19-,20-,21+,22+,23?,24?,25+,26+,27-/m1/s1. The van der Waals surface area contributed by atoms with Gasteiger partial charge in [-0.15, -0.1) is 0 Å². The summed E-state index contributed by atoms with van der Waals surface area (Å²) in [7, 11) is 0. The van der Waals surface area contributed by atoms with E-state index in [1.54, 1.807) is 0 Å². The van der Waals surface area contributed by atoms with E-state index in [1.807, 2.05) is 0 Å². The molecule has 4 aliphatic carbocycles. The quantitative estimate of drug-likeness (QED) is 0.532. The summed E-state index contributed by atoms with van der Waals surface area (Å²) in [6.45, 7) is 11.7. The molecule has 2 unspecified atom stereocenters. The molecule has 0 saturated heterocycles.